The van der Waals surface area contributed by atoms with Gasteiger partial charge in [-0.1, -0.05) is 0 Å². The number of carboxylic acid groups (broad SMARTS) is 1. The first-order chi connectivity index (χ1) is 8.86. The highest BCUT2D eigenvalue weighted by atomic mass is 32.2. The molecule has 0 aromatic carbocycles. The van der Waals surface area contributed by atoms with Gasteiger partial charge >= 0.3 is 11.9 Å². The Hall–Kier alpha value is -1.45. The van der Waals surface area contributed by atoms with Crippen LogP contribution in [0.3, 0.4) is 0 Å². The third-order valence-electron chi connectivity index (χ3n) is 1.98. The molecular weight excluding hydrogens is 294 g/mol. The molecule has 1 aromatic heterocycles. The molecule has 0 aliphatic rings. The van der Waals surface area contributed by atoms with E-state index in [1.54, 1.807) is 6.92 Å². The Morgan fingerprint density at radius 1 is 1.42 bits per heavy atom. The fourth-order valence-electron chi connectivity index (χ4n) is 1.17. The van der Waals surface area contributed by atoms with Gasteiger partial charge in [0.15, 0.2) is 0 Å². The lowest BCUT2D eigenvalue weighted by Crippen LogP contribution is -2.26. The molecule has 0 unspecified atom stereocenters. The van der Waals surface area contributed by atoms with Crippen molar-refractivity contribution in [2.45, 2.75) is 17.6 Å². The number of aromatic carboxylic acids is 1. The molecule has 2 N–H and O–H groups in total. The van der Waals surface area contributed by atoms with Crippen LogP contribution in [-0.2, 0) is 19.6 Å². The summed E-state index contributed by atoms with van der Waals surface area (Å²) in [5.74, 6) is -1.68. The minimum atomic E-state index is -3.79. The standard InChI is InChI=1S/C10H13NO6S2/c1-2-17-8(12)5-6-11-19(15,16)9-4-3-7(18-9)10(13)14/h3-4,11H,2,5-6H2,1H3,(H,13,14). The zero-order valence-electron chi connectivity index (χ0n) is 10.1. The van der Waals surface area contributed by atoms with Gasteiger partial charge in [0.2, 0.25) is 10.0 Å². The van der Waals surface area contributed by atoms with Crippen molar-refractivity contribution in [3.63, 3.8) is 0 Å². The Kier molecular flexibility index (Phi) is 5.45. The normalized spacial score (nSPS) is 11.2. The van der Waals surface area contributed by atoms with Gasteiger partial charge in [-0.2, -0.15) is 0 Å². The monoisotopic (exact) mass is 307 g/mol. The Morgan fingerprint density at radius 2 is 2.11 bits per heavy atom. The Morgan fingerprint density at radius 3 is 2.63 bits per heavy atom. The summed E-state index contributed by atoms with van der Waals surface area (Å²) >= 11 is 0.651. The van der Waals surface area contributed by atoms with Crippen LogP contribution in [0.15, 0.2) is 16.3 Å². The molecule has 0 bridgehead atoms. The van der Waals surface area contributed by atoms with Crippen LogP contribution in [0.5, 0.6) is 0 Å². The van der Waals surface area contributed by atoms with Gasteiger partial charge in [-0.05, 0) is 19.1 Å². The van der Waals surface area contributed by atoms with Crippen LogP contribution < -0.4 is 4.72 Å². The van der Waals surface area contributed by atoms with Gasteiger partial charge in [0.25, 0.3) is 0 Å². The number of ether oxygens (including phenoxy) is 1. The fraction of sp³-hybridized carbons (Fsp3) is 0.400. The molecule has 106 valence electrons. The number of carbonyl (C=O) groups excluding carboxylic acids is 1. The van der Waals surface area contributed by atoms with E-state index in [1.807, 2.05) is 0 Å². The maximum Gasteiger partial charge on any atom is 0.345 e. The number of carbonyl (C=O) groups is 2. The number of thiophene rings is 1. The highest BCUT2D eigenvalue weighted by molar-refractivity contribution is 7.91. The highest BCUT2D eigenvalue weighted by Crippen LogP contribution is 2.21. The summed E-state index contributed by atoms with van der Waals surface area (Å²) < 4.78 is 30.3. The summed E-state index contributed by atoms with van der Waals surface area (Å²) in [7, 11) is -3.79. The first-order valence-electron chi connectivity index (χ1n) is 5.35. The molecule has 0 saturated heterocycles. The summed E-state index contributed by atoms with van der Waals surface area (Å²) in [5.41, 5.74) is 0. The van der Waals surface area contributed by atoms with E-state index in [1.165, 1.54) is 12.1 Å². The largest absolute Gasteiger partial charge is 0.477 e. The van der Waals surface area contributed by atoms with Crippen molar-refractivity contribution in [2.24, 2.45) is 0 Å². The van der Waals surface area contributed by atoms with E-state index < -0.39 is 22.0 Å². The minimum Gasteiger partial charge on any atom is -0.477 e. The average Bonchev–Trinajstić information content (AvgIpc) is 2.79. The Balaban J connectivity index is 2.60. The van der Waals surface area contributed by atoms with Crippen LogP contribution in [0.2, 0.25) is 0 Å². The van der Waals surface area contributed by atoms with E-state index in [0.717, 1.165) is 0 Å². The topological polar surface area (TPSA) is 110 Å². The predicted molar refractivity (Wildman–Crippen MR) is 67.7 cm³/mol. The van der Waals surface area contributed by atoms with Crippen molar-refractivity contribution in [3.05, 3.63) is 17.0 Å². The van der Waals surface area contributed by atoms with Gasteiger partial charge in [0.05, 0.1) is 13.0 Å². The second-order valence-electron chi connectivity index (χ2n) is 3.38. The molecule has 0 saturated carbocycles. The average molecular weight is 307 g/mol. The van der Waals surface area contributed by atoms with E-state index in [2.05, 4.69) is 9.46 Å². The summed E-state index contributed by atoms with van der Waals surface area (Å²) in [5, 5.41) is 8.71. The van der Waals surface area contributed by atoms with Crippen LogP contribution >= 0.6 is 11.3 Å². The van der Waals surface area contributed by atoms with Crippen LogP contribution in [0.25, 0.3) is 0 Å². The van der Waals surface area contributed by atoms with Gasteiger partial charge in [0, 0.05) is 6.54 Å². The molecular formula is C10H13NO6S2. The molecule has 0 atom stereocenters. The first-order valence-corrected chi connectivity index (χ1v) is 7.65. The maximum atomic E-state index is 11.8. The molecule has 0 spiro atoms. The number of hydrogen-bond acceptors (Lipinski definition) is 6. The lowest BCUT2D eigenvalue weighted by Gasteiger charge is -2.04. The summed E-state index contributed by atoms with van der Waals surface area (Å²) in [6.07, 6.45) is -0.0791. The molecule has 0 amide bonds. The number of nitrogens with one attached hydrogen (secondary N) is 1. The maximum absolute atomic E-state index is 11.8. The van der Waals surface area contributed by atoms with Crippen LogP contribution in [0, 0.1) is 0 Å². The lowest BCUT2D eigenvalue weighted by molar-refractivity contribution is -0.142. The molecule has 7 nitrogen and oxygen atoms in total. The zero-order chi connectivity index (χ0) is 14.5. The number of hydrogen-bond donors (Lipinski definition) is 2. The summed E-state index contributed by atoms with van der Waals surface area (Å²) in [6.45, 7) is 1.79. The van der Waals surface area contributed by atoms with Crippen molar-refractivity contribution in [3.8, 4) is 0 Å². The van der Waals surface area contributed by atoms with Crippen molar-refractivity contribution in [2.75, 3.05) is 13.2 Å². The third kappa shape index (κ3) is 4.62. The SMILES string of the molecule is CCOC(=O)CCNS(=O)(=O)c1ccc(C(=O)O)s1. The molecule has 0 aliphatic heterocycles. The van der Waals surface area contributed by atoms with Gasteiger partial charge in [-0.25, -0.2) is 17.9 Å². The number of esters is 1. The molecule has 1 rings (SSSR count). The first kappa shape index (κ1) is 15.6. The number of carboxylic acids is 1. The van der Waals surface area contributed by atoms with Gasteiger partial charge in [0.1, 0.15) is 9.09 Å². The van der Waals surface area contributed by atoms with E-state index >= 15 is 0 Å². The van der Waals surface area contributed by atoms with Gasteiger partial charge in [-0.15, -0.1) is 11.3 Å². The number of rotatable bonds is 7. The van der Waals surface area contributed by atoms with Gasteiger partial charge < -0.3 is 9.84 Å². The fourth-order valence-corrected chi connectivity index (χ4v) is 3.39. The van der Waals surface area contributed by atoms with Crippen molar-refractivity contribution in [1.29, 1.82) is 0 Å². The molecule has 1 heterocycles. The van der Waals surface area contributed by atoms with E-state index in [-0.39, 0.29) is 28.7 Å². The van der Waals surface area contributed by atoms with Gasteiger partial charge in [-0.3, -0.25) is 4.79 Å². The smallest absolute Gasteiger partial charge is 0.345 e. The highest BCUT2D eigenvalue weighted by Gasteiger charge is 2.18. The third-order valence-corrected chi connectivity index (χ3v) is 5.01. The quantitative estimate of drug-likeness (QED) is 0.717. The summed E-state index contributed by atoms with van der Waals surface area (Å²) in [6, 6.07) is 2.42. The Bertz CT molecular complexity index is 562. The molecule has 0 fully saturated rings. The van der Waals surface area contributed by atoms with Crippen LogP contribution in [0.4, 0.5) is 0 Å². The zero-order valence-corrected chi connectivity index (χ0v) is 11.7. The predicted octanol–water partition coefficient (Wildman–Crippen LogP) is 0.678. The minimum absolute atomic E-state index is 0.0641. The van der Waals surface area contributed by atoms with Crippen LogP contribution in [0.1, 0.15) is 23.0 Å². The van der Waals surface area contributed by atoms with Crippen molar-refractivity contribution in [1.82, 2.24) is 4.72 Å². The number of sulfonamides is 1. The Labute approximate surface area is 114 Å². The molecule has 19 heavy (non-hydrogen) atoms. The lowest BCUT2D eigenvalue weighted by atomic mass is 10.4. The molecule has 0 radical (unpaired) electrons. The van der Waals surface area contributed by atoms with Crippen LogP contribution in [-0.4, -0.2) is 38.6 Å². The van der Waals surface area contributed by atoms with Crippen molar-refractivity contribution < 1.29 is 27.9 Å². The molecule has 9 heteroatoms. The molecule has 1 aromatic rings. The molecule has 0 aliphatic carbocycles. The van der Waals surface area contributed by atoms with Crippen molar-refractivity contribution >= 4 is 33.3 Å². The van der Waals surface area contributed by atoms with E-state index in [9.17, 15) is 18.0 Å². The summed E-state index contributed by atoms with van der Waals surface area (Å²) in [4.78, 5) is 21.6. The van der Waals surface area contributed by atoms with E-state index in [0.29, 0.717) is 11.3 Å². The second kappa shape index (κ2) is 6.64. The van der Waals surface area contributed by atoms with E-state index in [4.69, 9.17) is 5.11 Å². The second-order valence-corrected chi connectivity index (χ2v) is 6.45.